The molecule has 0 aliphatic carbocycles. The van der Waals surface area contributed by atoms with Gasteiger partial charge in [-0.05, 0) is 74.0 Å². The molecule has 1 aliphatic heterocycles. The molecule has 1 amide bonds. The maximum atomic E-state index is 14.4. The summed E-state index contributed by atoms with van der Waals surface area (Å²) in [5.41, 5.74) is 0.565. The van der Waals surface area contributed by atoms with Crippen LogP contribution in [0.15, 0.2) is 71.6 Å². The summed E-state index contributed by atoms with van der Waals surface area (Å²) in [7, 11) is 0. The van der Waals surface area contributed by atoms with E-state index in [1.807, 2.05) is 12.1 Å². The monoisotopic (exact) mass is 435 g/mol. The molecule has 7 heteroatoms. The number of furan rings is 1. The topological polar surface area (TPSA) is 67.6 Å². The van der Waals surface area contributed by atoms with Crippen LogP contribution in [-0.2, 0) is 4.79 Å². The van der Waals surface area contributed by atoms with Crippen molar-refractivity contribution in [3.8, 4) is 11.5 Å². The summed E-state index contributed by atoms with van der Waals surface area (Å²) in [6.45, 7) is 2.43. The van der Waals surface area contributed by atoms with Crippen LogP contribution in [-0.4, -0.2) is 35.4 Å². The Balaban J connectivity index is 1.34. The molecule has 1 aliphatic rings. The standard InChI is InChI=1S/C25H26FN3O3/c26-21-16-19(8-10-23(21)32-20-6-4-12-27-17-20)9-11-25(30)28-18-22(24-7-5-15-31-24)29-13-2-1-3-14-29/h4-12,15-17,22H,1-3,13-14,18H2,(H,28,30)/b11-9+. The number of ether oxygens (including phenoxy) is 1. The summed E-state index contributed by atoms with van der Waals surface area (Å²) in [6.07, 6.45) is 11.3. The number of hydrogen-bond donors (Lipinski definition) is 1. The van der Waals surface area contributed by atoms with Gasteiger partial charge in [0.05, 0.1) is 18.5 Å². The summed E-state index contributed by atoms with van der Waals surface area (Å²) in [5, 5.41) is 2.94. The molecular formula is C25H26FN3O3. The van der Waals surface area contributed by atoms with Gasteiger partial charge in [0.1, 0.15) is 11.5 Å². The Hall–Kier alpha value is -3.45. The molecule has 6 nitrogen and oxygen atoms in total. The number of likely N-dealkylation sites (tertiary alicyclic amines) is 1. The van der Waals surface area contributed by atoms with Gasteiger partial charge in [-0.15, -0.1) is 0 Å². The molecule has 32 heavy (non-hydrogen) atoms. The minimum atomic E-state index is -0.514. The predicted molar refractivity (Wildman–Crippen MR) is 120 cm³/mol. The summed E-state index contributed by atoms with van der Waals surface area (Å²) in [5.74, 6) is 0.646. The van der Waals surface area contributed by atoms with E-state index < -0.39 is 5.82 Å². The van der Waals surface area contributed by atoms with E-state index in [4.69, 9.17) is 9.15 Å². The SMILES string of the molecule is O=C(/C=C/c1ccc(Oc2cccnc2)c(F)c1)NCC(c1ccco1)N1CCCCC1. The number of amides is 1. The van der Waals surface area contributed by atoms with Gasteiger partial charge in [-0.3, -0.25) is 14.7 Å². The maximum Gasteiger partial charge on any atom is 0.244 e. The lowest BCUT2D eigenvalue weighted by molar-refractivity contribution is -0.116. The van der Waals surface area contributed by atoms with Crippen molar-refractivity contribution >= 4 is 12.0 Å². The molecule has 0 bridgehead atoms. The molecule has 0 radical (unpaired) electrons. The van der Waals surface area contributed by atoms with E-state index in [-0.39, 0.29) is 17.7 Å². The van der Waals surface area contributed by atoms with Crippen molar-refractivity contribution in [2.45, 2.75) is 25.3 Å². The Kier molecular flexibility index (Phi) is 7.30. The quantitative estimate of drug-likeness (QED) is 0.507. The molecular weight excluding hydrogens is 409 g/mol. The lowest BCUT2D eigenvalue weighted by atomic mass is 10.1. The van der Waals surface area contributed by atoms with Gasteiger partial charge in [-0.1, -0.05) is 12.5 Å². The average Bonchev–Trinajstić information content (AvgIpc) is 3.35. The van der Waals surface area contributed by atoms with E-state index in [0.29, 0.717) is 17.9 Å². The number of halogens is 1. The van der Waals surface area contributed by atoms with Gasteiger partial charge in [0, 0.05) is 18.8 Å². The number of aromatic nitrogens is 1. The smallest absolute Gasteiger partial charge is 0.244 e. The number of nitrogens with zero attached hydrogens (tertiary/aromatic N) is 2. The summed E-state index contributed by atoms with van der Waals surface area (Å²) < 4.78 is 25.5. The molecule has 3 aromatic rings. The Morgan fingerprint density at radius 2 is 2.09 bits per heavy atom. The Bertz CT molecular complexity index is 1030. The second-order valence-electron chi connectivity index (χ2n) is 7.69. The van der Waals surface area contributed by atoms with Gasteiger partial charge in [-0.2, -0.15) is 0 Å². The van der Waals surface area contributed by atoms with Crippen molar-refractivity contribution in [1.82, 2.24) is 15.2 Å². The van der Waals surface area contributed by atoms with Crippen LogP contribution in [0.4, 0.5) is 4.39 Å². The molecule has 1 unspecified atom stereocenters. The Labute approximate surface area is 186 Å². The number of benzene rings is 1. The number of rotatable bonds is 8. The lowest BCUT2D eigenvalue weighted by Gasteiger charge is -2.33. The third-order valence-corrected chi connectivity index (χ3v) is 5.42. The zero-order chi connectivity index (χ0) is 22.2. The van der Waals surface area contributed by atoms with E-state index in [0.717, 1.165) is 31.7 Å². The molecule has 3 heterocycles. The van der Waals surface area contributed by atoms with Crippen LogP contribution in [0.3, 0.4) is 0 Å². The fourth-order valence-electron chi connectivity index (χ4n) is 3.79. The molecule has 1 fully saturated rings. The fourth-order valence-corrected chi connectivity index (χ4v) is 3.79. The molecule has 4 rings (SSSR count). The number of hydrogen-bond acceptors (Lipinski definition) is 5. The van der Waals surface area contributed by atoms with Crippen molar-refractivity contribution in [3.05, 3.63) is 84.3 Å². The summed E-state index contributed by atoms with van der Waals surface area (Å²) in [4.78, 5) is 18.7. The largest absolute Gasteiger partial charge is 0.468 e. The van der Waals surface area contributed by atoms with Gasteiger partial charge < -0.3 is 14.5 Å². The first-order valence-corrected chi connectivity index (χ1v) is 10.8. The van der Waals surface area contributed by atoms with Crippen LogP contribution in [0.5, 0.6) is 11.5 Å². The third-order valence-electron chi connectivity index (χ3n) is 5.42. The first-order valence-electron chi connectivity index (χ1n) is 10.8. The first kappa shape index (κ1) is 21.8. The van der Waals surface area contributed by atoms with E-state index in [2.05, 4.69) is 15.2 Å². The fraction of sp³-hybridized carbons (Fsp3) is 0.280. The molecule has 1 saturated heterocycles. The van der Waals surface area contributed by atoms with Gasteiger partial charge in [0.2, 0.25) is 5.91 Å². The molecule has 1 N–H and O–H groups in total. The van der Waals surface area contributed by atoms with Gasteiger partial charge in [0.25, 0.3) is 0 Å². The normalized spacial score (nSPS) is 15.5. The van der Waals surface area contributed by atoms with E-state index >= 15 is 0 Å². The number of carbonyl (C=O) groups excluding carboxylic acids is 1. The molecule has 1 atom stereocenters. The number of carbonyl (C=O) groups is 1. The Morgan fingerprint density at radius 3 is 2.81 bits per heavy atom. The third kappa shape index (κ3) is 5.82. The zero-order valence-electron chi connectivity index (χ0n) is 17.7. The second-order valence-corrected chi connectivity index (χ2v) is 7.69. The van der Waals surface area contributed by atoms with Crippen LogP contribution in [0.25, 0.3) is 6.08 Å². The minimum absolute atomic E-state index is 0.00371. The van der Waals surface area contributed by atoms with Crippen LogP contribution in [0.1, 0.15) is 36.6 Å². The van der Waals surface area contributed by atoms with E-state index in [9.17, 15) is 9.18 Å². The van der Waals surface area contributed by atoms with Crippen LogP contribution in [0, 0.1) is 5.82 Å². The molecule has 1 aromatic carbocycles. The number of nitrogens with one attached hydrogen (secondary N) is 1. The van der Waals surface area contributed by atoms with Crippen molar-refractivity contribution in [2.75, 3.05) is 19.6 Å². The van der Waals surface area contributed by atoms with E-state index in [1.54, 1.807) is 36.7 Å². The minimum Gasteiger partial charge on any atom is -0.468 e. The number of pyridine rings is 1. The highest BCUT2D eigenvalue weighted by molar-refractivity contribution is 5.91. The summed E-state index contributed by atoms with van der Waals surface area (Å²) >= 11 is 0. The first-order chi connectivity index (χ1) is 15.7. The van der Waals surface area contributed by atoms with Crippen LogP contribution < -0.4 is 10.1 Å². The van der Waals surface area contributed by atoms with Crippen LogP contribution in [0.2, 0.25) is 0 Å². The highest BCUT2D eigenvalue weighted by Gasteiger charge is 2.24. The van der Waals surface area contributed by atoms with Gasteiger partial charge in [0.15, 0.2) is 11.6 Å². The van der Waals surface area contributed by atoms with Crippen molar-refractivity contribution in [2.24, 2.45) is 0 Å². The second kappa shape index (κ2) is 10.7. The summed E-state index contributed by atoms with van der Waals surface area (Å²) in [6, 6.07) is 11.8. The van der Waals surface area contributed by atoms with E-state index in [1.165, 1.54) is 30.8 Å². The van der Waals surface area contributed by atoms with Crippen LogP contribution >= 0.6 is 0 Å². The zero-order valence-corrected chi connectivity index (χ0v) is 17.7. The molecule has 166 valence electrons. The molecule has 0 spiro atoms. The van der Waals surface area contributed by atoms with Gasteiger partial charge >= 0.3 is 0 Å². The lowest BCUT2D eigenvalue weighted by Crippen LogP contribution is -2.40. The van der Waals surface area contributed by atoms with Gasteiger partial charge in [-0.25, -0.2) is 4.39 Å². The number of piperidine rings is 1. The average molecular weight is 435 g/mol. The van der Waals surface area contributed by atoms with Crippen molar-refractivity contribution in [3.63, 3.8) is 0 Å². The molecule has 0 saturated carbocycles. The maximum absolute atomic E-state index is 14.4. The van der Waals surface area contributed by atoms with Crippen molar-refractivity contribution in [1.29, 1.82) is 0 Å². The highest BCUT2D eigenvalue weighted by atomic mass is 19.1. The highest BCUT2D eigenvalue weighted by Crippen LogP contribution is 2.26. The molecule has 2 aromatic heterocycles. The predicted octanol–water partition coefficient (Wildman–Crippen LogP) is 4.96. The van der Waals surface area contributed by atoms with Crippen molar-refractivity contribution < 1.29 is 18.3 Å². The Morgan fingerprint density at radius 1 is 1.22 bits per heavy atom.